The molecule has 0 aliphatic rings. The fourth-order valence-corrected chi connectivity index (χ4v) is 3.70. The molecule has 0 radical (unpaired) electrons. The van der Waals surface area contributed by atoms with E-state index in [0.717, 1.165) is 10.0 Å². The van der Waals surface area contributed by atoms with Crippen LogP contribution in [0.1, 0.15) is 11.1 Å². The number of methoxy groups -OCH3 is 1. The molecule has 0 aromatic heterocycles. The molecular formula is C15H16BrNO3S. The first kappa shape index (κ1) is 16.0. The van der Waals surface area contributed by atoms with Crippen LogP contribution in [0.2, 0.25) is 0 Å². The Morgan fingerprint density at radius 1 is 1.19 bits per heavy atom. The van der Waals surface area contributed by atoms with Crippen LogP contribution in [0.25, 0.3) is 0 Å². The maximum atomic E-state index is 12.4. The highest BCUT2D eigenvalue weighted by Crippen LogP contribution is 2.21. The SMILES string of the molecule is COc1cccc(CNS(=O)(=O)c2cc(Br)ccc2C)c1. The van der Waals surface area contributed by atoms with Crippen LogP contribution < -0.4 is 9.46 Å². The van der Waals surface area contributed by atoms with Crippen molar-refractivity contribution in [3.05, 3.63) is 58.1 Å². The van der Waals surface area contributed by atoms with Gasteiger partial charge in [-0.1, -0.05) is 34.1 Å². The van der Waals surface area contributed by atoms with Gasteiger partial charge in [0, 0.05) is 11.0 Å². The van der Waals surface area contributed by atoms with Gasteiger partial charge in [-0.15, -0.1) is 0 Å². The van der Waals surface area contributed by atoms with Gasteiger partial charge in [0.2, 0.25) is 10.0 Å². The Hall–Kier alpha value is -1.37. The molecule has 0 aliphatic heterocycles. The molecule has 6 heteroatoms. The Balaban J connectivity index is 2.19. The van der Waals surface area contributed by atoms with Gasteiger partial charge in [0.15, 0.2) is 0 Å². The summed E-state index contributed by atoms with van der Waals surface area (Å²) in [6, 6.07) is 12.5. The molecule has 2 aromatic carbocycles. The third-order valence-electron chi connectivity index (χ3n) is 3.04. The standard InChI is InChI=1S/C15H16BrNO3S/c1-11-6-7-13(16)9-15(11)21(18,19)17-10-12-4-3-5-14(8-12)20-2/h3-9,17H,10H2,1-2H3. The first-order valence-corrected chi connectivity index (χ1v) is 8.59. The van der Waals surface area contributed by atoms with Crippen LogP contribution >= 0.6 is 15.9 Å². The van der Waals surface area contributed by atoms with Crippen molar-refractivity contribution in [1.29, 1.82) is 0 Å². The van der Waals surface area contributed by atoms with Crippen LogP contribution in [0.5, 0.6) is 5.75 Å². The molecule has 4 nitrogen and oxygen atoms in total. The molecule has 0 spiro atoms. The van der Waals surface area contributed by atoms with Crippen LogP contribution in [0.3, 0.4) is 0 Å². The predicted octanol–water partition coefficient (Wildman–Crippen LogP) is 3.24. The molecule has 0 unspecified atom stereocenters. The lowest BCUT2D eigenvalue weighted by atomic mass is 10.2. The van der Waals surface area contributed by atoms with Crippen molar-refractivity contribution in [2.24, 2.45) is 0 Å². The first-order chi connectivity index (χ1) is 9.92. The molecule has 0 saturated carbocycles. The van der Waals surface area contributed by atoms with E-state index < -0.39 is 10.0 Å². The Bertz CT molecular complexity index is 744. The van der Waals surface area contributed by atoms with Crippen LogP contribution in [0.15, 0.2) is 51.8 Å². The van der Waals surface area contributed by atoms with E-state index in [0.29, 0.717) is 11.3 Å². The highest BCUT2D eigenvalue weighted by Gasteiger charge is 2.16. The van der Waals surface area contributed by atoms with Gasteiger partial charge in [0.1, 0.15) is 5.75 Å². The van der Waals surface area contributed by atoms with Gasteiger partial charge in [0.25, 0.3) is 0 Å². The topological polar surface area (TPSA) is 55.4 Å². The van der Waals surface area contributed by atoms with Crippen molar-refractivity contribution < 1.29 is 13.2 Å². The summed E-state index contributed by atoms with van der Waals surface area (Å²) >= 11 is 3.29. The van der Waals surface area contributed by atoms with E-state index in [4.69, 9.17) is 4.74 Å². The van der Waals surface area contributed by atoms with Crippen LogP contribution in [-0.4, -0.2) is 15.5 Å². The number of sulfonamides is 1. The zero-order valence-electron chi connectivity index (χ0n) is 11.8. The minimum atomic E-state index is -3.55. The van der Waals surface area contributed by atoms with Crippen molar-refractivity contribution in [3.8, 4) is 5.75 Å². The summed E-state index contributed by atoms with van der Waals surface area (Å²) in [6.07, 6.45) is 0. The van der Waals surface area contributed by atoms with Crippen LogP contribution in [0, 0.1) is 6.92 Å². The average molecular weight is 370 g/mol. The van der Waals surface area contributed by atoms with E-state index in [2.05, 4.69) is 20.7 Å². The highest BCUT2D eigenvalue weighted by atomic mass is 79.9. The average Bonchev–Trinajstić information content (AvgIpc) is 2.48. The smallest absolute Gasteiger partial charge is 0.241 e. The molecule has 2 rings (SSSR count). The molecule has 0 amide bonds. The van der Waals surface area contributed by atoms with Crippen LogP contribution in [0.4, 0.5) is 0 Å². The van der Waals surface area contributed by atoms with Crippen molar-refractivity contribution in [1.82, 2.24) is 4.72 Å². The number of nitrogens with one attached hydrogen (secondary N) is 1. The molecule has 1 N–H and O–H groups in total. The monoisotopic (exact) mass is 369 g/mol. The molecule has 0 atom stereocenters. The van der Waals surface area contributed by atoms with E-state index in [1.54, 1.807) is 32.2 Å². The summed E-state index contributed by atoms with van der Waals surface area (Å²) in [4.78, 5) is 0.278. The normalized spacial score (nSPS) is 11.4. The molecule has 21 heavy (non-hydrogen) atoms. The lowest BCUT2D eigenvalue weighted by Gasteiger charge is -2.10. The van der Waals surface area contributed by atoms with Gasteiger partial charge in [-0.25, -0.2) is 13.1 Å². The second kappa shape index (κ2) is 6.60. The van der Waals surface area contributed by atoms with Crippen molar-refractivity contribution in [3.63, 3.8) is 0 Å². The van der Waals surface area contributed by atoms with Gasteiger partial charge in [0.05, 0.1) is 12.0 Å². The van der Waals surface area contributed by atoms with Crippen LogP contribution in [-0.2, 0) is 16.6 Å². The Kier molecular flexibility index (Phi) is 5.03. The van der Waals surface area contributed by atoms with E-state index in [-0.39, 0.29) is 11.4 Å². The van der Waals surface area contributed by atoms with Gasteiger partial charge in [-0.3, -0.25) is 0 Å². The summed E-state index contributed by atoms with van der Waals surface area (Å²) in [6.45, 7) is 1.98. The number of halogens is 1. The van der Waals surface area contributed by atoms with E-state index in [9.17, 15) is 8.42 Å². The van der Waals surface area contributed by atoms with E-state index in [1.807, 2.05) is 24.3 Å². The summed E-state index contributed by atoms with van der Waals surface area (Å²) in [5, 5.41) is 0. The molecule has 2 aromatic rings. The Labute approximate surface area is 133 Å². The van der Waals surface area contributed by atoms with E-state index in [1.165, 1.54) is 0 Å². The fourth-order valence-electron chi connectivity index (χ4n) is 1.90. The molecule has 0 fully saturated rings. The largest absolute Gasteiger partial charge is 0.497 e. The quantitative estimate of drug-likeness (QED) is 0.879. The minimum absolute atomic E-state index is 0.214. The highest BCUT2D eigenvalue weighted by molar-refractivity contribution is 9.10. The molecule has 0 aliphatic carbocycles. The number of hydrogen-bond acceptors (Lipinski definition) is 3. The second-order valence-electron chi connectivity index (χ2n) is 4.59. The van der Waals surface area contributed by atoms with Crippen molar-refractivity contribution in [2.45, 2.75) is 18.4 Å². The maximum Gasteiger partial charge on any atom is 0.241 e. The van der Waals surface area contributed by atoms with Gasteiger partial charge in [-0.2, -0.15) is 0 Å². The first-order valence-electron chi connectivity index (χ1n) is 6.31. The summed E-state index contributed by atoms with van der Waals surface area (Å²) < 4.78 is 33.2. The van der Waals surface area contributed by atoms with Crippen molar-refractivity contribution >= 4 is 26.0 Å². The summed E-state index contributed by atoms with van der Waals surface area (Å²) in [5.74, 6) is 0.699. The predicted molar refractivity (Wildman–Crippen MR) is 85.9 cm³/mol. The molecular weight excluding hydrogens is 354 g/mol. The molecule has 112 valence electrons. The Morgan fingerprint density at radius 3 is 2.67 bits per heavy atom. The van der Waals surface area contributed by atoms with Gasteiger partial charge < -0.3 is 4.74 Å². The molecule has 0 heterocycles. The lowest BCUT2D eigenvalue weighted by Crippen LogP contribution is -2.24. The number of ether oxygens (including phenoxy) is 1. The van der Waals surface area contributed by atoms with Gasteiger partial charge in [-0.05, 0) is 42.3 Å². The number of benzene rings is 2. The third kappa shape index (κ3) is 4.06. The lowest BCUT2D eigenvalue weighted by molar-refractivity contribution is 0.414. The maximum absolute atomic E-state index is 12.4. The van der Waals surface area contributed by atoms with Gasteiger partial charge >= 0.3 is 0 Å². The fraction of sp³-hybridized carbons (Fsp3) is 0.200. The van der Waals surface area contributed by atoms with E-state index >= 15 is 0 Å². The number of hydrogen-bond donors (Lipinski definition) is 1. The zero-order valence-corrected chi connectivity index (χ0v) is 14.2. The molecule has 0 bridgehead atoms. The Morgan fingerprint density at radius 2 is 1.95 bits per heavy atom. The number of aryl methyl sites for hydroxylation is 1. The van der Waals surface area contributed by atoms with Crippen molar-refractivity contribution in [2.75, 3.05) is 7.11 Å². The summed E-state index contributed by atoms with van der Waals surface area (Å²) in [5.41, 5.74) is 1.54. The zero-order chi connectivity index (χ0) is 15.5. The number of rotatable bonds is 5. The second-order valence-corrected chi connectivity index (χ2v) is 7.24. The summed E-state index contributed by atoms with van der Waals surface area (Å²) in [7, 11) is -1.97. The minimum Gasteiger partial charge on any atom is -0.497 e. The third-order valence-corrected chi connectivity index (χ3v) is 5.08. The molecule has 0 saturated heterocycles.